The van der Waals surface area contributed by atoms with E-state index in [0.29, 0.717) is 0 Å². The summed E-state index contributed by atoms with van der Waals surface area (Å²) in [6.45, 7) is 3.17. The minimum absolute atomic E-state index is 0. The molecule has 0 aliphatic rings. The minimum atomic E-state index is -3.63. The standard InChI is InChI=1S/C8H8O3S.Yb/c1-2-11-12(9,10)8-6-4-3-5-7-8;/h2-7H,1H2;. The third kappa shape index (κ3) is 3.85. The van der Waals surface area contributed by atoms with Crippen molar-refractivity contribution in [2.24, 2.45) is 0 Å². The second-order valence-corrected chi connectivity index (χ2v) is 3.60. The zero-order valence-electron chi connectivity index (χ0n) is 6.57. The average molecular weight is 357 g/mol. The van der Waals surface area contributed by atoms with Gasteiger partial charge in [0.25, 0.3) is 0 Å². The third-order valence-electron chi connectivity index (χ3n) is 1.23. The first-order valence-corrected chi connectivity index (χ1v) is 4.67. The van der Waals surface area contributed by atoms with E-state index in [2.05, 4.69) is 10.8 Å². The van der Waals surface area contributed by atoms with Crippen molar-refractivity contribution in [3.8, 4) is 0 Å². The summed E-state index contributed by atoms with van der Waals surface area (Å²) in [6, 6.07) is 7.89. The Balaban J connectivity index is 0.00000144. The summed E-state index contributed by atoms with van der Waals surface area (Å²) in [6.07, 6.45) is 0.891. The summed E-state index contributed by atoms with van der Waals surface area (Å²) in [5.41, 5.74) is 0. The van der Waals surface area contributed by atoms with Crippen molar-refractivity contribution in [3.05, 3.63) is 43.2 Å². The first-order chi connectivity index (χ1) is 5.67. The molecule has 0 amide bonds. The van der Waals surface area contributed by atoms with Gasteiger partial charge < -0.3 is 4.18 Å². The van der Waals surface area contributed by atoms with E-state index in [-0.39, 0.29) is 51.8 Å². The van der Waals surface area contributed by atoms with Crippen LogP contribution < -0.4 is 0 Å². The van der Waals surface area contributed by atoms with Gasteiger partial charge in [-0.25, -0.2) is 0 Å². The van der Waals surface area contributed by atoms with Crippen molar-refractivity contribution in [2.45, 2.75) is 4.90 Å². The van der Waals surface area contributed by atoms with Crippen molar-refractivity contribution in [1.82, 2.24) is 0 Å². The summed E-state index contributed by atoms with van der Waals surface area (Å²) in [7, 11) is -3.63. The van der Waals surface area contributed by atoms with Gasteiger partial charge in [0.05, 0.1) is 6.26 Å². The van der Waals surface area contributed by atoms with E-state index in [1.807, 2.05) is 0 Å². The number of benzene rings is 1. The van der Waals surface area contributed by atoms with Gasteiger partial charge in [0, 0.05) is 46.9 Å². The fourth-order valence-corrected chi connectivity index (χ4v) is 1.51. The van der Waals surface area contributed by atoms with Crippen LogP contribution in [0.2, 0.25) is 0 Å². The van der Waals surface area contributed by atoms with Gasteiger partial charge in [-0.05, 0) is 12.1 Å². The van der Waals surface area contributed by atoms with Gasteiger partial charge in [0.2, 0.25) is 0 Å². The molecular weight excluding hydrogens is 349 g/mol. The molecule has 0 bridgehead atoms. The van der Waals surface area contributed by atoms with Gasteiger partial charge in [0.1, 0.15) is 4.90 Å². The molecule has 5 heteroatoms. The van der Waals surface area contributed by atoms with Gasteiger partial charge in [-0.2, -0.15) is 8.42 Å². The Morgan fingerprint density at radius 1 is 1.23 bits per heavy atom. The second kappa shape index (κ2) is 5.85. The molecule has 78 valence electrons. The van der Waals surface area contributed by atoms with Crippen LogP contribution in [0.4, 0.5) is 0 Å². The molecular formula is C8H8O3SYb. The van der Waals surface area contributed by atoms with Crippen LogP contribution in [0.5, 0.6) is 0 Å². The van der Waals surface area contributed by atoms with Crippen molar-refractivity contribution in [1.29, 1.82) is 0 Å². The smallest absolute Gasteiger partial charge is 0.338 e. The number of hydrogen-bond acceptors (Lipinski definition) is 3. The summed E-state index contributed by atoms with van der Waals surface area (Å²) in [5, 5.41) is 0. The summed E-state index contributed by atoms with van der Waals surface area (Å²) < 4.78 is 26.6. The Hall–Kier alpha value is 0.229. The van der Waals surface area contributed by atoms with E-state index >= 15 is 0 Å². The SMILES string of the molecule is C=COS(=O)(=O)c1ccccc1.[Yb]. The molecule has 1 rings (SSSR count). The molecule has 0 saturated carbocycles. The van der Waals surface area contributed by atoms with E-state index in [9.17, 15) is 8.42 Å². The molecule has 0 N–H and O–H groups in total. The first-order valence-electron chi connectivity index (χ1n) is 3.26. The first kappa shape index (κ1) is 13.2. The molecule has 0 aliphatic carbocycles. The monoisotopic (exact) mass is 358 g/mol. The van der Waals surface area contributed by atoms with Crippen molar-refractivity contribution >= 4 is 10.1 Å². The molecule has 0 aliphatic heterocycles. The van der Waals surface area contributed by atoms with E-state index in [0.717, 1.165) is 6.26 Å². The van der Waals surface area contributed by atoms with Gasteiger partial charge >= 0.3 is 10.1 Å². The quantitative estimate of drug-likeness (QED) is 0.609. The van der Waals surface area contributed by atoms with Gasteiger partial charge in [0.15, 0.2) is 0 Å². The van der Waals surface area contributed by atoms with Crippen LogP contribution >= 0.6 is 0 Å². The zero-order chi connectivity index (χ0) is 9.03. The molecule has 0 spiro atoms. The van der Waals surface area contributed by atoms with E-state index in [1.54, 1.807) is 18.2 Å². The molecule has 0 atom stereocenters. The van der Waals surface area contributed by atoms with Gasteiger partial charge in [-0.3, -0.25) is 0 Å². The van der Waals surface area contributed by atoms with Crippen LogP contribution in [0.15, 0.2) is 48.1 Å². The topological polar surface area (TPSA) is 43.4 Å². The number of hydrogen-bond donors (Lipinski definition) is 0. The molecule has 0 fully saturated rings. The summed E-state index contributed by atoms with van der Waals surface area (Å²) in [4.78, 5) is 0.130. The molecule has 0 heterocycles. The van der Waals surface area contributed by atoms with Crippen LogP contribution in [0, 0.1) is 46.9 Å². The Morgan fingerprint density at radius 2 is 1.77 bits per heavy atom. The largest absolute Gasteiger partial charge is 0.388 e. The Morgan fingerprint density at radius 3 is 2.23 bits per heavy atom. The molecule has 0 aromatic heterocycles. The normalized spacial score (nSPS) is 9.85. The summed E-state index contributed by atoms with van der Waals surface area (Å²) in [5.74, 6) is 0. The van der Waals surface area contributed by atoms with Crippen molar-refractivity contribution in [3.63, 3.8) is 0 Å². The van der Waals surface area contributed by atoms with Crippen LogP contribution in [0.1, 0.15) is 0 Å². The van der Waals surface area contributed by atoms with Crippen LogP contribution in [-0.2, 0) is 14.3 Å². The maximum Gasteiger partial charge on any atom is 0.338 e. The molecule has 0 radical (unpaired) electrons. The van der Waals surface area contributed by atoms with Crippen molar-refractivity contribution < 1.29 is 59.5 Å². The average Bonchev–Trinajstić information content (AvgIpc) is 2.06. The molecule has 1 aromatic rings. The zero-order valence-corrected chi connectivity index (χ0v) is 9.10. The van der Waals surface area contributed by atoms with Crippen LogP contribution in [0.25, 0.3) is 0 Å². The molecule has 1 aromatic carbocycles. The predicted octanol–water partition coefficient (Wildman–Crippen LogP) is 1.54. The van der Waals surface area contributed by atoms with Crippen LogP contribution in [0.3, 0.4) is 0 Å². The second-order valence-electron chi connectivity index (χ2n) is 2.03. The van der Waals surface area contributed by atoms with E-state index in [1.165, 1.54) is 12.1 Å². The fraction of sp³-hybridized carbons (Fsp3) is 0. The van der Waals surface area contributed by atoms with E-state index in [4.69, 9.17) is 0 Å². The Bertz CT molecular complexity index is 358. The van der Waals surface area contributed by atoms with Crippen LogP contribution in [-0.4, -0.2) is 8.42 Å². The molecule has 0 unspecified atom stereocenters. The number of rotatable bonds is 3. The van der Waals surface area contributed by atoms with Gasteiger partial charge in [-0.1, -0.05) is 24.8 Å². The maximum absolute atomic E-state index is 11.1. The maximum atomic E-state index is 11.1. The molecule has 0 saturated heterocycles. The molecule has 13 heavy (non-hydrogen) atoms. The summed E-state index contributed by atoms with van der Waals surface area (Å²) >= 11 is 0. The predicted molar refractivity (Wildman–Crippen MR) is 44.9 cm³/mol. The van der Waals surface area contributed by atoms with E-state index < -0.39 is 10.1 Å². The Kier molecular flexibility index (Phi) is 5.96. The molecule has 3 nitrogen and oxygen atoms in total. The van der Waals surface area contributed by atoms with Crippen molar-refractivity contribution in [2.75, 3.05) is 0 Å². The van der Waals surface area contributed by atoms with Gasteiger partial charge in [-0.15, -0.1) is 0 Å². The third-order valence-corrected chi connectivity index (χ3v) is 2.47. The fourth-order valence-electron chi connectivity index (χ4n) is 0.732. The minimum Gasteiger partial charge on any atom is -0.388 e. The Labute approximate surface area is 116 Å².